The van der Waals surface area contributed by atoms with E-state index in [1.165, 1.54) is 0 Å². The zero-order valence-corrected chi connectivity index (χ0v) is 17.6. The summed E-state index contributed by atoms with van der Waals surface area (Å²) < 4.78 is 5.49. The molecule has 2 aromatic rings. The Labute approximate surface area is 174 Å². The second-order valence-corrected chi connectivity index (χ2v) is 7.57. The minimum Gasteiger partial charge on any atom is -0.496 e. The molecule has 2 aromatic carbocycles. The van der Waals surface area contributed by atoms with Crippen LogP contribution < -0.4 is 15.4 Å². The maximum absolute atomic E-state index is 13.0. The first-order chi connectivity index (χ1) is 14.2. The molecule has 1 aliphatic rings. The van der Waals surface area contributed by atoms with Crippen molar-refractivity contribution in [3.63, 3.8) is 0 Å². The van der Waals surface area contributed by atoms with Gasteiger partial charge in [-0.2, -0.15) is 0 Å². The summed E-state index contributed by atoms with van der Waals surface area (Å²) in [6, 6.07) is 16.4. The second-order valence-electron chi connectivity index (χ2n) is 7.57. The van der Waals surface area contributed by atoms with E-state index in [2.05, 4.69) is 52.8 Å². The molecule has 0 aliphatic carbocycles. The number of benzene rings is 2. The molecule has 2 N–H and O–H groups in total. The highest BCUT2D eigenvalue weighted by molar-refractivity contribution is 5.84. The number of piperazine rings is 1. The van der Waals surface area contributed by atoms with E-state index in [0.717, 1.165) is 74.6 Å². The minimum atomic E-state index is -0.156. The predicted molar refractivity (Wildman–Crippen MR) is 118 cm³/mol. The fourth-order valence-corrected chi connectivity index (χ4v) is 3.78. The van der Waals surface area contributed by atoms with E-state index in [1.807, 2.05) is 18.2 Å². The molecule has 1 saturated heterocycles. The van der Waals surface area contributed by atoms with E-state index in [9.17, 15) is 4.79 Å². The number of nitrogens with zero attached hydrogens (tertiary/aromatic N) is 1. The number of carbonyl (C=O) groups is 1. The molecule has 5 nitrogen and oxygen atoms in total. The van der Waals surface area contributed by atoms with Crippen molar-refractivity contribution in [1.82, 2.24) is 15.5 Å². The van der Waals surface area contributed by atoms with Crippen LogP contribution in [0, 0.1) is 0 Å². The van der Waals surface area contributed by atoms with Crippen molar-refractivity contribution in [2.45, 2.75) is 25.7 Å². The first-order valence-corrected chi connectivity index (χ1v) is 10.7. The first-order valence-electron chi connectivity index (χ1n) is 10.7. The molecule has 0 spiro atoms. The number of nitrogens with one attached hydrogen (secondary N) is 2. The number of unbranched alkanes of at least 4 members (excludes halogenated alkanes) is 1. The summed E-state index contributed by atoms with van der Waals surface area (Å²) in [5.41, 5.74) is 3.22. The number of hydrogen-bond acceptors (Lipinski definition) is 4. The van der Waals surface area contributed by atoms with Gasteiger partial charge in [0.15, 0.2) is 0 Å². The van der Waals surface area contributed by atoms with Gasteiger partial charge in [-0.3, -0.25) is 9.69 Å². The SMILES string of the molecule is CCCCNC(=O)C(CN1CCNCC1)c1ccc(-c2ccccc2OC)cc1. The Balaban J connectivity index is 1.79. The first kappa shape index (κ1) is 21.3. The zero-order chi connectivity index (χ0) is 20.5. The van der Waals surface area contributed by atoms with E-state index in [4.69, 9.17) is 4.74 Å². The lowest BCUT2D eigenvalue weighted by Gasteiger charge is -2.30. The lowest BCUT2D eigenvalue weighted by Crippen LogP contribution is -2.47. The van der Waals surface area contributed by atoms with Crippen molar-refractivity contribution in [1.29, 1.82) is 0 Å². The molecule has 1 atom stereocenters. The fourth-order valence-electron chi connectivity index (χ4n) is 3.78. The van der Waals surface area contributed by atoms with E-state index in [0.29, 0.717) is 0 Å². The highest BCUT2D eigenvalue weighted by atomic mass is 16.5. The van der Waals surface area contributed by atoms with Crippen LogP contribution in [-0.4, -0.2) is 57.2 Å². The van der Waals surface area contributed by atoms with Crippen LogP contribution in [0.25, 0.3) is 11.1 Å². The van der Waals surface area contributed by atoms with Crippen molar-refractivity contribution < 1.29 is 9.53 Å². The van der Waals surface area contributed by atoms with Crippen LogP contribution >= 0.6 is 0 Å². The molecular formula is C24H33N3O2. The van der Waals surface area contributed by atoms with Gasteiger partial charge in [-0.1, -0.05) is 55.8 Å². The lowest BCUT2D eigenvalue weighted by molar-refractivity contribution is -0.123. The van der Waals surface area contributed by atoms with Crippen LogP contribution in [0.1, 0.15) is 31.2 Å². The maximum Gasteiger partial charge on any atom is 0.228 e. The molecule has 1 unspecified atom stereocenters. The van der Waals surface area contributed by atoms with Gasteiger partial charge in [0.1, 0.15) is 5.75 Å². The normalized spacial score (nSPS) is 15.7. The Kier molecular flexibility index (Phi) is 8.08. The van der Waals surface area contributed by atoms with Crippen LogP contribution in [0.4, 0.5) is 0 Å². The van der Waals surface area contributed by atoms with Gasteiger partial charge in [-0.25, -0.2) is 0 Å². The summed E-state index contributed by atoms with van der Waals surface area (Å²) in [5, 5.41) is 6.52. The average molecular weight is 396 g/mol. The minimum absolute atomic E-state index is 0.127. The van der Waals surface area contributed by atoms with E-state index in [-0.39, 0.29) is 11.8 Å². The van der Waals surface area contributed by atoms with Gasteiger partial charge in [0, 0.05) is 44.8 Å². The number of para-hydroxylation sites is 1. The molecule has 156 valence electrons. The number of hydrogen-bond donors (Lipinski definition) is 2. The Bertz CT molecular complexity index is 770. The molecule has 1 fully saturated rings. The van der Waals surface area contributed by atoms with Crippen LogP contribution in [0.3, 0.4) is 0 Å². The largest absolute Gasteiger partial charge is 0.496 e. The predicted octanol–water partition coefficient (Wildman–Crippen LogP) is 3.27. The van der Waals surface area contributed by atoms with Crippen molar-refractivity contribution in [2.24, 2.45) is 0 Å². The molecule has 1 heterocycles. The van der Waals surface area contributed by atoms with Gasteiger partial charge in [0.2, 0.25) is 5.91 Å². The average Bonchev–Trinajstić information content (AvgIpc) is 2.78. The molecule has 0 saturated carbocycles. The standard InChI is InChI=1S/C24H33N3O2/c1-3-4-13-26-24(28)22(18-27-16-14-25-15-17-27)20-11-9-19(10-12-20)21-7-5-6-8-23(21)29-2/h5-12,22,25H,3-4,13-18H2,1-2H3,(H,26,28). The van der Waals surface area contributed by atoms with Gasteiger partial charge < -0.3 is 15.4 Å². The van der Waals surface area contributed by atoms with Gasteiger partial charge in [0.25, 0.3) is 0 Å². The zero-order valence-electron chi connectivity index (χ0n) is 17.6. The van der Waals surface area contributed by atoms with Gasteiger partial charge in [0.05, 0.1) is 13.0 Å². The summed E-state index contributed by atoms with van der Waals surface area (Å²) in [6.07, 6.45) is 2.09. The summed E-state index contributed by atoms with van der Waals surface area (Å²) in [6.45, 7) is 7.57. The van der Waals surface area contributed by atoms with Crippen molar-refractivity contribution in [3.8, 4) is 16.9 Å². The summed E-state index contributed by atoms with van der Waals surface area (Å²) >= 11 is 0. The molecule has 0 bridgehead atoms. The summed E-state index contributed by atoms with van der Waals surface area (Å²) in [4.78, 5) is 15.4. The fraction of sp³-hybridized carbons (Fsp3) is 0.458. The van der Waals surface area contributed by atoms with Crippen LogP contribution in [0.5, 0.6) is 5.75 Å². The third kappa shape index (κ3) is 5.81. The van der Waals surface area contributed by atoms with E-state index < -0.39 is 0 Å². The van der Waals surface area contributed by atoms with Crippen LogP contribution in [-0.2, 0) is 4.79 Å². The van der Waals surface area contributed by atoms with Gasteiger partial charge in [-0.05, 0) is 23.6 Å². The molecule has 0 aromatic heterocycles. The maximum atomic E-state index is 13.0. The van der Waals surface area contributed by atoms with Crippen molar-refractivity contribution >= 4 is 5.91 Å². The third-order valence-corrected chi connectivity index (χ3v) is 5.53. The smallest absolute Gasteiger partial charge is 0.228 e. The summed E-state index contributed by atoms with van der Waals surface area (Å²) in [5.74, 6) is 0.827. The van der Waals surface area contributed by atoms with Gasteiger partial charge >= 0.3 is 0 Å². The van der Waals surface area contributed by atoms with E-state index >= 15 is 0 Å². The van der Waals surface area contributed by atoms with Crippen LogP contribution in [0.2, 0.25) is 0 Å². The molecule has 0 radical (unpaired) electrons. The Morgan fingerprint density at radius 1 is 1.14 bits per heavy atom. The Morgan fingerprint density at radius 2 is 1.86 bits per heavy atom. The number of rotatable bonds is 9. The third-order valence-electron chi connectivity index (χ3n) is 5.53. The van der Waals surface area contributed by atoms with Crippen LogP contribution in [0.15, 0.2) is 48.5 Å². The Hall–Kier alpha value is -2.37. The number of methoxy groups -OCH3 is 1. The Morgan fingerprint density at radius 3 is 2.55 bits per heavy atom. The highest BCUT2D eigenvalue weighted by Gasteiger charge is 2.24. The quantitative estimate of drug-likeness (QED) is 0.640. The molecule has 1 aliphatic heterocycles. The van der Waals surface area contributed by atoms with Crippen molar-refractivity contribution in [3.05, 3.63) is 54.1 Å². The number of amides is 1. The summed E-state index contributed by atoms with van der Waals surface area (Å²) in [7, 11) is 1.69. The number of carbonyl (C=O) groups excluding carboxylic acids is 1. The lowest BCUT2D eigenvalue weighted by atomic mass is 9.94. The molecule has 29 heavy (non-hydrogen) atoms. The van der Waals surface area contributed by atoms with Gasteiger partial charge in [-0.15, -0.1) is 0 Å². The van der Waals surface area contributed by atoms with Crippen molar-refractivity contribution in [2.75, 3.05) is 46.4 Å². The second kappa shape index (κ2) is 11.0. The monoisotopic (exact) mass is 395 g/mol. The van der Waals surface area contributed by atoms with E-state index in [1.54, 1.807) is 7.11 Å². The molecule has 3 rings (SSSR count). The highest BCUT2D eigenvalue weighted by Crippen LogP contribution is 2.30. The molecule has 5 heteroatoms. The number of ether oxygens (including phenoxy) is 1. The topological polar surface area (TPSA) is 53.6 Å². The molecule has 1 amide bonds. The molecular weight excluding hydrogens is 362 g/mol.